The fourth-order valence-corrected chi connectivity index (χ4v) is 2.35. The number of nitrogens with zero attached hydrogens (tertiary/aromatic N) is 2. The third kappa shape index (κ3) is 2.20. The summed E-state index contributed by atoms with van der Waals surface area (Å²) in [5.41, 5.74) is 2.84. The first-order valence-corrected chi connectivity index (χ1v) is 6.34. The summed E-state index contributed by atoms with van der Waals surface area (Å²) < 4.78 is 27.4. The zero-order valence-corrected chi connectivity index (χ0v) is 10.6. The zero-order chi connectivity index (χ0) is 13.4. The number of hydrogen-bond acceptors (Lipinski definition) is 2. The van der Waals surface area contributed by atoms with Crippen LogP contribution in [-0.2, 0) is 0 Å². The fraction of sp³-hybridized carbons (Fsp3) is 0.357. The van der Waals surface area contributed by atoms with Crippen LogP contribution in [0.5, 0.6) is 0 Å². The number of aromatic nitrogens is 2. The number of aryl methyl sites for hydroxylation is 1. The van der Waals surface area contributed by atoms with E-state index in [-0.39, 0.29) is 0 Å². The molecule has 100 valence electrons. The summed E-state index contributed by atoms with van der Waals surface area (Å²) in [6, 6.07) is 8.91. The van der Waals surface area contributed by atoms with E-state index in [1.807, 2.05) is 37.3 Å². The molecule has 3 rings (SSSR count). The largest absolute Gasteiger partial charge is 0.370 e. The van der Waals surface area contributed by atoms with Gasteiger partial charge in [0.1, 0.15) is 11.9 Å². The van der Waals surface area contributed by atoms with Crippen molar-refractivity contribution in [2.24, 2.45) is 0 Å². The van der Waals surface area contributed by atoms with Gasteiger partial charge in [-0.3, -0.25) is 0 Å². The highest BCUT2D eigenvalue weighted by atomic mass is 19.3. The molecule has 2 aromatic rings. The van der Waals surface area contributed by atoms with Crippen molar-refractivity contribution >= 4 is 5.82 Å². The van der Waals surface area contributed by atoms with Gasteiger partial charge in [0.25, 0.3) is 6.43 Å². The molecule has 0 aliphatic carbocycles. The van der Waals surface area contributed by atoms with E-state index in [0.29, 0.717) is 18.8 Å². The summed E-state index contributed by atoms with van der Waals surface area (Å²) in [5.74, 6) is 0.673. The van der Waals surface area contributed by atoms with E-state index in [1.54, 1.807) is 0 Å². The summed E-state index contributed by atoms with van der Waals surface area (Å²) in [7, 11) is 0. The summed E-state index contributed by atoms with van der Waals surface area (Å²) >= 11 is 0. The van der Waals surface area contributed by atoms with Crippen LogP contribution < -0.4 is 5.32 Å². The number of halogens is 2. The van der Waals surface area contributed by atoms with Crippen LogP contribution in [0.15, 0.2) is 30.3 Å². The number of rotatable bonds is 2. The molecule has 1 N–H and O–H groups in total. The first-order valence-electron chi connectivity index (χ1n) is 6.34. The molecule has 1 aromatic carbocycles. The quantitative estimate of drug-likeness (QED) is 0.899. The van der Waals surface area contributed by atoms with Crippen LogP contribution in [0.4, 0.5) is 14.6 Å². The SMILES string of the molecule is Cc1ccc(-c2cc3n(n2)C(C(F)F)CCN3)cc1. The highest BCUT2D eigenvalue weighted by molar-refractivity contribution is 5.63. The number of fused-ring (bicyclic) bond motifs is 1. The highest BCUT2D eigenvalue weighted by Gasteiger charge is 2.29. The lowest BCUT2D eigenvalue weighted by atomic mass is 10.1. The average molecular weight is 263 g/mol. The summed E-state index contributed by atoms with van der Waals surface area (Å²) in [4.78, 5) is 0. The first kappa shape index (κ1) is 12.1. The Balaban J connectivity index is 1.99. The Morgan fingerprint density at radius 3 is 2.74 bits per heavy atom. The Kier molecular flexibility index (Phi) is 2.97. The molecule has 0 fully saturated rings. The van der Waals surface area contributed by atoms with Crippen molar-refractivity contribution in [1.82, 2.24) is 9.78 Å². The van der Waals surface area contributed by atoms with E-state index in [9.17, 15) is 8.78 Å². The maximum atomic E-state index is 13.0. The van der Waals surface area contributed by atoms with Gasteiger partial charge in [0.05, 0.1) is 5.69 Å². The van der Waals surface area contributed by atoms with E-state index < -0.39 is 12.5 Å². The molecular formula is C14H15F2N3. The molecule has 0 radical (unpaired) electrons. The smallest absolute Gasteiger partial charge is 0.260 e. The van der Waals surface area contributed by atoms with E-state index in [1.165, 1.54) is 4.68 Å². The lowest BCUT2D eigenvalue weighted by molar-refractivity contribution is 0.0716. The van der Waals surface area contributed by atoms with E-state index in [2.05, 4.69) is 10.4 Å². The molecule has 1 aliphatic heterocycles. The number of nitrogens with one attached hydrogen (secondary N) is 1. The van der Waals surface area contributed by atoms with Crippen molar-refractivity contribution in [2.75, 3.05) is 11.9 Å². The van der Waals surface area contributed by atoms with Gasteiger partial charge in [-0.25, -0.2) is 13.5 Å². The Morgan fingerprint density at radius 2 is 2.05 bits per heavy atom. The summed E-state index contributed by atoms with van der Waals surface area (Å²) in [6.45, 7) is 2.57. The standard InChI is InChI=1S/C14H15F2N3/c1-9-2-4-10(5-3-9)11-8-13-17-7-6-12(14(15)16)19(13)18-11/h2-5,8,12,14,17H,6-7H2,1H3. The molecule has 1 aliphatic rings. The van der Waals surface area contributed by atoms with Gasteiger partial charge in [-0.05, 0) is 13.3 Å². The molecule has 0 spiro atoms. The topological polar surface area (TPSA) is 29.9 Å². The van der Waals surface area contributed by atoms with Gasteiger partial charge in [-0.1, -0.05) is 29.8 Å². The van der Waals surface area contributed by atoms with Crippen molar-refractivity contribution in [3.8, 4) is 11.3 Å². The van der Waals surface area contributed by atoms with Gasteiger partial charge < -0.3 is 5.32 Å². The maximum absolute atomic E-state index is 13.0. The molecule has 0 saturated carbocycles. The lowest BCUT2D eigenvalue weighted by Crippen LogP contribution is -2.28. The molecule has 0 saturated heterocycles. The molecule has 0 amide bonds. The van der Waals surface area contributed by atoms with Crippen molar-refractivity contribution in [3.05, 3.63) is 35.9 Å². The van der Waals surface area contributed by atoms with Gasteiger partial charge in [0.15, 0.2) is 0 Å². The molecule has 0 bridgehead atoms. The molecule has 1 unspecified atom stereocenters. The zero-order valence-electron chi connectivity index (χ0n) is 10.6. The van der Waals surface area contributed by atoms with Crippen molar-refractivity contribution < 1.29 is 8.78 Å². The van der Waals surface area contributed by atoms with Gasteiger partial charge >= 0.3 is 0 Å². The Bertz CT molecular complexity index is 575. The first-order chi connectivity index (χ1) is 9.15. The van der Waals surface area contributed by atoms with Crippen molar-refractivity contribution in [3.63, 3.8) is 0 Å². The minimum absolute atomic E-state index is 0.402. The minimum atomic E-state index is -2.38. The predicted molar refractivity (Wildman–Crippen MR) is 70.5 cm³/mol. The molecule has 1 atom stereocenters. The third-order valence-electron chi connectivity index (χ3n) is 3.43. The summed E-state index contributed by atoms with van der Waals surface area (Å²) in [5, 5.41) is 7.44. The van der Waals surface area contributed by atoms with E-state index >= 15 is 0 Å². The second-order valence-corrected chi connectivity index (χ2v) is 4.84. The number of anilines is 1. The molecule has 1 aromatic heterocycles. The second kappa shape index (κ2) is 4.64. The lowest BCUT2D eigenvalue weighted by Gasteiger charge is -2.24. The maximum Gasteiger partial charge on any atom is 0.260 e. The number of alkyl halides is 2. The fourth-order valence-electron chi connectivity index (χ4n) is 2.35. The normalized spacial score (nSPS) is 18.2. The van der Waals surface area contributed by atoms with Crippen molar-refractivity contribution in [1.29, 1.82) is 0 Å². The van der Waals surface area contributed by atoms with Gasteiger partial charge in [0.2, 0.25) is 0 Å². The van der Waals surface area contributed by atoms with Crippen LogP contribution in [-0.4, -0.2) is 22.8 Å². The second-order valence-electron chi connectivity index (χ2n) is 4.84. The summed E-state index contributed by atoms with van der Waals surface area (Å²) in [6.07, 6.45) is -1.98. The van der Waals surface area contributed by atoms with Crippen molar-refractivity contribution in [2.45, 2.75) is 25.8 Å². The third-order valence-corrected chi connectivity index (χ3v) is 3.43. The van der Waals surface area contributed by atoms with Crippen LogP contribution >= 0.6 is 0 Å². The molecule has 2 heterocycles. The van der Waals surface area contributed by atoms with Crippen LogP contribution in [0, 0.1) is 6.92 Å². The minimum Gasteiger partial charge on any atom is -0.370 e. The van der Waals surface area contributed by atoms with Crippen LogP contribution in [0.25, 0.3) is 11.3 Å². The molecule has 5 heteroatoms. The van der Waals surface area contributed by atoms with E-state index in [4.69, 9.17) is 0 Å². The van der Waals surface area contributed by atoms with Gasteiger partial charge in [-0.2, -0.15) is 5.10 Å². The Hall–Kier alpha value is -1.91. The number of benzene rings is 1. The molecular weight excluding hydrogens is 248 g/mol. The van der Waals surface area contributed by atoms with Crippen LogP contribution in [0.2, 0.25) is 0 Å². The number of hydrogen-bond donors (Lipinski definition) is 1. The Morgan fingerprint density at radius 1 is 1.32 bits per heavy atom. The monoisotopic (exact) mass is 263 g/mol. The van der Waals surface area contributed by atoms with Crippen LogP contribution in [0.3, 0.4) is 0 Å². The highest BCUT2D eigenvalue weighted by Crippen LogP contribution is 2.31. The Labute approximate surface area is 110 Å². The predicted octanol–water partition coefficient (Wildman–Crippen LogP) is 3.48. The van der Waals surface area contributed by atoms with Crippen LogP contribution in [0.1, 0.15) is 18.0 Å². The average Bonchev–Trinajstić information content (AvgIpc) is 2.82. The van der Waals surface area contributed by atoms with E-state index in [0.717, 1.165) is 16.8 Å². The van der Waals surface area contributed by atoms with Gasteiger partial charge in [0, 0.05) is 18.2 Å². The van der Waals surface area contributed by atoms with Gasteiger partial charge in [-0.15, -0.1) is 0 Å². The molecule has 3 nitrogen and oxygen atoms in total. The molecule has 19 heavy (non-hydrogen) atoms.